The molecule has 0 aromatic carbocycles. The fraction of sp³-hybridized carbons (Fsp3) is 0.929. The number of carbonyl (C=O) groups excluding carboxylic acids is 1. The van der Waals surface area contributed by atoms with Gasteiger partial charge in [0.2, 0.25) is 5.91 Å². The molecule has 104 valence electrons. The van der Waals surface area contributed by atoms with Crippen LogP contribution in [0, 0.1) is 5.92 Å². The van der Waals surface area contributed by atoms with Gasteiger partial charge in [-0.3, -0.25) is 4.79 Å². The van der Waals surface area contributed by atoms with Crippen molar-refractivity contribution >= 4 is 5.91 Å². The third-order valence-electron chi connectivity index (χ3n) is 4.18. The minimum atomic E-state index is 0.337. The predicted octanol–water partition coefficient (Wildman–Crippen LogP) is 1.53. The van der Waals surface area contributed by atoms with Gasteiger partial charge in [-0.05, 0) is 44.6 Å². The highest BCUT2D eigenvalue weighted by Crippen LogP contribution is 2.30. The third-order valence-corrected chi connectivity index (χ3v) is 4.18. The molecule has 4 heteroatoms. The van der Waals surface area contributed by atoms with Crippen molar-refractivity contribution in [2.75, 3.05) is 26.2 Å². The first-order valence-corrected chi connectivity index (χ1v) is 7.39. The van der Waals surface area contributed by atoms with Gasteiger partial charge in [-0.15, -0.1) is 0 Å². The number of amides is 1. The summed E-state index contributed by atoms with van der Waals surface area (Å²) in [4.78, 5) is 14.1. The molecule has 1 aliphatic heterocycles. The number of hydrogen-bond acceptors (Lipinski definition) is 3. The predicted molar refractivity (Wildman–Crippen MR) is 71.2 cm³/mol. The van der Waals surface area contributed by atoms with Crippen molar-refractivity contribution in [2.24, 2.45) is 11.7 Å². The van der Waals surface area contributed by atoms with Gasteiger partial charge < -0.3 is 15.4 Å². The van der Waals surface area contributed by atoms with Crippen molar-refractivity contribution in [2.45, 2.75) is 51.0 Å². The van der Waals surface area contributed by atoms with E-state index in [2.05, 4.69) is 0 Å². The Morgan fingerprint density at radius 1 is 1.22 bits per heavy atom. The maximum Gasteiger partial charge on any atom is 0.222 e. The highest BCUT2D eigenvalue weighted by molar-refractivity contribution is 5.76. The summed E-state index contributed by atoms with van der Waals surface area (Å²) in [5, 5.41) is 0. The Morgan fingerprint density at radius 3 is 2.50 bits per heavy atom. The van der Waals surface area contributed by atoms with Crippen LogP contribution in [0.25, 0.3) is 0 Å². The SMILES string of the molecule is NCCCOC1CCN(C(=O)CC2CCC2)CC1. The molecule has 0 bridgehead atoms. The van der Waals surface area contributed by atoms with Gasteiger partial charge in [0.1, 0.15) is 0 Å². The molecule has 1 saturated carbocycles. The lowest BCUT2D eigenvalue weighted by Gasteiger charge is -2.34. The first-order chi connectivity index (χ1) is 8.79. The van der Waals surface area contributed by atoms with E-state index in [4.69, 9.17) is 10.5 Å². The van der Waals surface area contributed by atoms with Crippen molar-refractivity contribution in [3.8, 4) is 0 Å². The molecule has 2 rings (SSSR count). The molecule has 1 amide bonds. The minimum absolute atomic E-state index is 0.337. The molecule has 0 unspecified atom stereocenters. The molecule has 18 heavy (non-hydrogen) atoms. The van der Waals surface area contributed by atoms with Gasteiger partial charge in [0.05, 0.1) is 6.10 Å². The van der Waals surface area contributed by atoms with Crippen LogP contribution in [-0.2, 0) is 9.53 Å². The Morgan fingerprint density at radius 2 is 1.94 bits per heavy atom. The average Bonchev–Trinajstić information content (AvgIpc) is 2.35. The second-order valence-electron chi connectivity index (χ2n) is 5.59. The zero-order valence-electron chi connectivity index (χ0n) is 11.3. The molecule has 0 aromatic heterocycles. The smallest absolute Gasteiger partial charge is 0.222 e. The Kier molecular flexibility index (Phi) is 5.45. The lowest BCUT2D eigenvalue weighted by Crippen LogP contribution is -2.42. The standard InChI is InChI=1S/C14H26N2O2/c15-7-2-10-18-13-5-8-16(9-6-13)14(17)11-12-3-1-4-12/h12-13H,1-11,15H2. The second kappa shape index (κ2) is 7.10. The van der Waals surface area contributed by atoms with Crippen molar-refractivity contribution in [3.05, 3.63) is 0 Å². The lowest BCUT2D eigenvalue weighted by atomic mass is 9.82. The maximum atomic E-state index is 12.0. The van der Waals surface area contributed by atoms with Gasteiger partial charge in [0, 0.05) is 26.1 Å². The number of rotatable bonds is 6. The summed E-state index contributed by atoms with van der Waals surface area (Å²) in [6, 6.07) is 0. The summed E-state index contributed by atoms with van der Waals surface area (Å²) >= 11 is 0. The number of likely N-dealkylation sites (tertiary alicyclic amines) is 1. The quantitative estimate of drug-likeness (QED) is 0.731. The molecule has 4 nitrogen and oxygen atoms in total. The zero-order valence-corrected chi connectivity index (χ0v) is 11.3. The molecule has 0 spiro atoms. The number of nitrogens with zero attached hydrogens (tertiary/aromatic N) is 1. The molecular formula is C14H26N2O2. The van der Waals surface area contributed by atoms with Gasteiger partial charge in [0.15, 0.2) is 0 Å². The third kappa shape index (κ3) is 3.95. The molecule has 1 aliphatic carbocycles. The molecule has 0 radical (unpaired) electrons. The number of piperidine rings is 1. The van der Waals surface area contributed by atoms with Crippen LogP contribution in [0.4, 0.5) is 0 Å². The largest absolute Gasteiger partial charge is 0.378 e. The van der Waals surface area contributed by atoms with Gasteiger partial charge in [0.25, 0.3) is 0 Å². The summed E-state index contributed by atoms with van der Waals surface area (Å²) < 4.78 is 5.75. The van der Waals surface area contributed by atoms with Crippen molar-refractivity contribution < 1.29 is 9.53 Å². The van der Waals surface area contributed by atoms with E-state index < -0.39 is 0 Å². The van der Waals surface area contributed by atoms with Crippen LogP contribution in [0.5, 0.6) is 0 Å². The molecule has 2 N–H and O–H groups in total. The summed E-state index contributed by atoms with van der Waals surface area (Å²) in [6.07, 6.45) is 7.84. The van der Waals surface area contributed by atoms with Crippen LogP contribution in [-0.4, -0.2) is 43.2 Å². The van der Waals surface area contributed by atoms with Crippen molar-refractivity contribution in [3.63, 3.8) is 0 Å². The maximum absolute atomic E-state index is 12.0. The van der Waals surface area contributed by atoms with E-state index in [-0.39, 0.29) is 0 Å². The Labute approximate surface area is 110 Å². The molecule has 2 aliphatic rings. The first-order valence-electron chi connectivity index (χ1n) is 7.39. The van der Waals surface area contributed by atoms with Crippen LogP contribution in [0.2, 0.25) is 0 Å². The van der Waals surface area contributed by atoms with Crippen LogP contribution >= 0.6 is 0 Å². The van der Waals surface area contributed by atoms with E-state index in [1.54, 1.807) is 0 Å². The van der Waals surface area contributed by atoms with Crippen LogP contribution in [0.1, 0.15) is 44.9 Å². The number of nitrogens with two attached hydrogens (primary N) is 1. The monoisotopic (exact) mass is 254 g/mol. The lowest BCUT2D eigenvalue weighted by molar-refractivity contribution is -0.135. The van der Waals surface area contributed by atoms with Crippen molar-refractivity contribution in [1.82, 2.24) is 4.90 Å². The van der Waals surface area contributed by atoms with Gasteiger partial charge >= 0.3 is 0 Å². The zero-order chi connectivity index (χ0) is 12.8. The summed E-state index contributed by atoms with van der Waals surface area (Å²) in [7, 11) is 0. The van der Waals surface area contributed by atoms with Crippen LogP contribution < -0.4 is 5.73 Å². The van der Waals surface area contributed by atoms with Crippen LogP contribution in [0.15, 0.2) is 0 Å². The van der Waals surface area contributed by atoms with E-state index in [9.17, 15) is 4.79 Å². The fourth-order valence-corrected chi connectivity index (χ4v) is 2.68. The first kappa shape index (κ1) is 13.8. The summed E-state index contributed by atoms with van der Waals surface area (Å²) in [6.45, 7) is 3.20. The second-order valence-corrected chi connectivity index (χ2v) is 5.59. The minimum Gasteiger partial charge on any atom is -0.378 e. The Balaban J connectivity index is 1.61. The van der Waals surface area contributed by atoms with Gasteiger partial charge in [-0.1, -0.05) is 6.42 Å². The summed E-state index contributed by atoms with van der Waals surface area (Å²) in [5.74, 6) is 1.04. The average molecular weight is 254 g/mol. The van der Waals surface area contributed by atoms with E-state index in [1.165, 1.54) is 19.3 Å². The fourth-order valence-electron chi connectivity index (χ4n) is 2.68. The number of ether oxygens (including phenoxy) is 1. The van der Waals surface area contributed by atoms with Crippen LogP contribution in [0.3, 0.4) is 0 Å². The molecule has 1 heterocycles. The normalized spacial score (nSPS) is 21.9. The molecular weight excluding hydrogens is 228 g/mol. The Hall–Kier alpha value is -0.610. The van der Waals surface area contributed by atoms with Crippen molar-refractivity contribution in [1.29, 1.82) is 0 Å². The van der Waals surface area contributed by atoms with E-state index >= 15 is 0 Å². The molecule has 2 fully saturated rings. The van der Waals surface area contributed by atoms with Gasteiger partial charge in [-0.2, -0.15) is 0 Å². The van der Waals surface area contributed by atoms with E-state index in [1.807, 2.05) is 4.90 Å². The summed E-state index contributed by atoms with van der Waals surface area (Å²) in [5.41, 5.74) is 5.44. The topological polar surface area (TPSA) is 55.6 Å². The molecule has 0 atom stereocenters. The Bertz CT molecular complexity index is 259. The van der Waals surface area contributed by atoms with Gasteiger partial charge in [-0.25, -0.2) is 0 Å². The number of carbonyl (C=O) groups is 1. The highest BCUT2D eigenvalue weighted by atomic mass is 16.5. The molecule has 0 aromatic rings. The van der Waals surface area contributed by atoms with E-state index in [0.29, 0.717) is 24.5 Å². The molecule has 1 saturated heterocycles. The number of hydrogen-bond donors (Lipinski definition) is 1. The van der Waals surface area contributed by atoms with E-state index in [0.717, 1.165) is 45.4 Å². The highest BCUT2D eigenvalue weighted by Gasteiger charge is 2.27.